The SMILES string of the molecule is CCNC(=NCc1ccnn1C)N1CCN(C(=O)C2CCCO2)CC1.I. The van der Waals surface area contributed by atoms with Gasteiger partial charge in [-0.25, -0.2) is 4.99 Å². The van der Waals surface area contributed by atoms with Crippen LogP contribution in [0, 0.1) is 0 Å². The lowest BCUT2D eigenvalue weighted by Gasteiger charge is -2.37. The van der Waals surface area contributed by atoms with E-state index in [1.807, 2.05) is 22.7 Å². The van der Waals surface area contributed by atoms with Gasteiger partial charge in [-0.15, -0.1) is 24.0 Å². The largest absolute Gasteiger partial charge is 0.368 e. The molecule has 1 aromatic rings. The van der Waals surface area contributed by atoms with Gasteiger partial charge in [-0.05, 0) is 25.8 Å². The smallest absolute Gasteiger partial charge is 0.251 e. The molecule has 0 aromatic carbocycles. The highest BCUT2D eigenvalue weighted by Gasteiger charge is 2.30. The topological polar surface area (TPSA) is 75.0 Å². The summed E-state index contributed by atoms with van der Waals surface area (Å²) >= 11 is 0. The molecule has 0 bridgehead atoms. The second-order valence-electron chi connectivity index (χ2n) is 6.43. The summed E-state index contributed by atoms with van der Waals surface area (Å²) in [7, 11) is 1.92. The highest BCUT2D eigenvalue weighted by molar-refractivity contribution is 14.0. The Hall–Kier alpha value is -1.36. The van der Waals surface area contributed by atoms with E-state index in [1.54, 1.807) is 6.20 Å². The molecule has 0 aliphatic carbocycles. The third kappa shape index (κ3) is 5.09. The summed E-state index contributed by atoms with van der Waals surface area (Å²) in [5, 5.41) is 7.53. The van der Waals surface area contributed by atoms with E-state index in [9.17, 15) is 4.79 Å². The minimum Gasteiger partial charge on any atom is -0.368 e. The van der Waals surface area contributed by atoms with Gasteiger partial charge < -0.3 is 19.9 Å². The molecule has 1 atom stereocenters. The maximum absolute atomic E-state index is 12.4. The van der Waals surface area contributed by atoms with Crippen molar-refractivity contribution in [3.05, 3.63) is 18.0 Å². The molecule has 146 valence electrons. The first kappa shape index (κ1) is 20.9. The Balaban J connectivity index is 0.00000243. The van der Waals surface area contributed by atoms with Crippen LogP contribution in [-0.2, 0) is 23.1 Å². The first-order chi connectivity index (χ1) is 12.2. The fourth-order valence-corrected chi connectivity index (χ4v) is 3.25. The number of rotatable bonds is 4. The fraction of sp³-hybridized carbons (Fsp3) is 0.706. The predicted molar refractivity (Wildman–Crippen MR) is 111 cm³/mol. The summed E-state index contributed by atoms with van der Waals surface area (Å²) in [5.41, 5.74) is 1.07. The second kappa shape index (κ2) is 10.1. The molecule has 2 fully saturated rings. The van der Waals surface area contributed by atoms with E-state index in [1.165, 1.54) is 0 Å². The van der Waals surface area contributed by atoms with Crippen LogP contribution in [0.5, 0.6) is 0 Å². The Morgan fingerprint density at radius 3 is 2.65 bits per heavy atom. The normalized spacial score (nSPS) is 20.8. The van der Waals surface area contributed by atoms with Crippen LogP contribution in [0.2, 0.25) is 0 Å². The van der Waals surface area contributed by atoms with Crippen LogP contribution < -0.4 is 5.32 Å². The van der Waals surface area contributed by atoms with Crippen LogP contribution in [0.4, 0.5) is 0 Å². The minimum atomic E-state index is -0.224. The van der Waals surface area contributed by atoms with Crippen molar-refractivity contribution < 1.29 is 9.53 Å². The Morgan fingerprint density at radius 1 is 1.35 bits per heavy atom. The Kier molecular flexibility index (Phi) is 8.14. The zero-order valence-corrected chi connectivity index (χ0v) is 17.9. The predicted octanol–water partition coefficient (Wildman–Crippen LogP) is 0.827. The molecule has 3 rings (SSSR count). The minimum absolute atomic E-state index is 0. The number of carbonyl (C=O) groups is 1. The van der Waals surface area contributed by atoms with Crippen molar-refractivity contribution in [2.75, 3.05) is 39.3 Å². The molecule has 1 unspecified atom stereocenters. The van der Waals surface area contributed by atoms with Gasteiger partial charge in [-0.3, -0.25) is 9.48 Å². The lowest BCUT2D eigenvalue weighted by Crippen LogP contribution is -2.55. The van der Waals surface area contributed by atoms with E-state index < -0.39 is 0 Å². The number of aromatic nitrogens is 2. The molecule has 0 saturated carbocycles. The standard InChI is InChI=1S/C17H28N6O2.HI/c1-3-18-17(19-13-14-6-7-20-21(14)2)23-10-8-22(9-11-23)16(24)15-5-4-12-25-15;/h6-7,15H,3-5,8-13H2,1-2H3,(H,18,19);1H. The van der Waals surface area contributed by atoms with E-state index >= 15 is 0 Å². The number of nitrogens with zero attached hydrogens (tertiary/aromatic N) is 5. The Morgan fingerprint density at radius 2 is 2.08 bits per heavy atom. The molecule has 2 aliphatic rings. The van der Waals surface area contributed by atoms with E-state index in [-0.39, 0.29) is 36.0 Å². The number of hydrogen-bond acceptors (Lipinski definition) is 4. The summed E-state index contributed by atoms with van der Waals surface area (Å²) in [6, 6.07) is 1.98. The monoisotopic (exact) mass is 476 g/mol. The number of ether oxygens (including phenoxy) is 1. The number of carbonyl (C=O) groups excluding carboxylic acids is 1. The number of aryl methyl sites for hydroxylation is 1. The number of hydrogen-bond donors (Lipinski definition) is 1. The van der Waals surface area contributed by atoms with Crippen LogP contribution in [0.25, 0.3) is 0 Å². The molecule has 2 saturated heterocycles. The van der Waals surface area contributed by atoms with Crippen LogP contribution in [0.1, 0.15) is 25.5 Å². The van der Waals surface area contributed by atoms with Gasteiger partial charge in [0.1, 0.15) is 6.10 Å². The summed E-state index contributed by atoms with van der Waals surface area (Å²) in [4.78, 5) is 21.3. The van der Waals surface area contributed by atoms with Crippen molar-refractivity contribution >= 4 is 35.8 Å². The molecule has 3 heterocycles. The molecule has 1 amide bonds. The van der Waals surface area contributed by atoms with Crippen LogP contribution >= 0.6 is 24.0 Å². The molecule has 1 aromatic heterocycles. The van der Waals surface area contributed by atoms with Gasteiger partial charge in [0.25, 0.3) is 5.91 Å². The summed E-state index contributed by atoms with van der Waals surface area (Å²) in [5.74, 6) is 1.04. The van der Waals surface area contributed by atoms with E-state index in [0.717, 1.165) is 57.2 Å². The number of guanidine groups is 1. The van der Waals surface area contributed by atoms with Gasteiger partial charge in [-0.2, -0.15) is 5.10 Å². The van der Waals surface area contributed by atoms with Gasteiger partial charge in [0, 0.05) is 52.6 Å². The maximum Gasteiger partial charge on any atom is 0.251 e. The number of nitrogens with one attached hydrogen (secondary N) is 1. The first-order valence-corrected chi connectivity index (χ1v) is 9.09. The fourth-order valence-electron chi connectivity index (χ4n) is 3.25. The average molecular weight is 476 g/mol. The summed E-state index contributed by atoms with van der Waals surface area (Å²) in [6.45, 7) is 7.20. The first-order valence-electron chi connectivity index (χ1n) is 9.09. The van der Waals surface area contributed by atoms with Gasteiger partial charge in [0.15, 0.2) is 5.96 Å². The van der Waals surface area contributed by atoms with Crippen molar-refractivity contribution in [2.24, 2.45) is 12.0 Å². The van der Waals surface area contributed by atoms with Crippen molar-refractivity contribution in [2.45, 2.75) is 32.4 Å². The second-order valence-corrected chi connectivity index (χ2v) is 6.43. The molecule has 0 radical (unpaired) electrons. The van der Waals surface area contributed by atoms with Gasteiger partial charge in [0.2, 0.25) is 0 Å². The molecule has 2 aliphatic heterocycles. The molecule has 26 heavy (non-hydrogen) atoms. The summed E-state index contributed by atoms with van der Waals surface area (Å²) < 4.78 is 7.36. The van der Waals surface area contributed by atoms with Crippen LogP contribution in [0.3, 0.4) is 0 Å². The molecular weight excluding hydrogens is 447 g/mol. The van der Waals surface area contributed by atoms with Crippen molar-refractivity contribution in [3.8, 4) is 0 Å². The number of aliphatic imine (C=N–C) groups is 1. The van der Waals surface area contributed by atoms with Crippen LogP contribution in [-0.4, -0.2) is 76.9 Å². The van der Waals surface area contributed by atoms with Crippen molar-refractivity contribution in [1.29, 1.82) is 0 Å². The van der Waals surface area contributed by atoms with Gasteiger partial charge in [-0.1, -0.05) is 0 Å². The van der Waals surface area contributed by atoms with E-state index in [0.29, 0.717) is 13.2 Å². The molecule has 0 spiro atoms. The lowest BCUT2D eigenvalue weighted by molar-refractivity contribution is -0.142. The zero-order valence-electron chi connectivity index (χ0n) is 15.6. The Labute approximate surface area is 172 Å². The Bertz CT molecular complexity index is 606. The van der Waals surface area contributed by atoms with E-state index in [4.69, 9.17) is 9.73 Å². The summed E-state index contributed by atoms with van der Waals surface area (Å²) in [6.07, 6.45) is 3.40. The lowest BCUT2D eigenvalue weighted by atomic mass is 10.2. The van der Waals surface area contributed by atoms with E-state index in [2.05, 4.69) is 22.2 Å². The molecular formula is C17H29IN6O2. The third-order valence-corrected chi connectivity index (χ3v) is 4.74. The van der Waals surface area contributed by atoms with Crippen molar-refractivity contribution in [3.63, 3.8) is 0 Å². The number of halogens is 1. The van der Waals surface area contributed by atoms with Crippen molar-refractivity contribution in [1.82, 2.24) is 24.9 Å². The average Bonchev–Trinajstić information content (AvgIpc) is 3.30. The van der Waals surface area contributed by atoms with Gasteiger partial charge in [0.05, 0.1) is 12.2 Å². The number of piperazine rings is 1. The zero-order chi connectivity index (χ0) is 17.6. The van der Waals surface area contributed by atoms with Gasteiger partial charge >= 0.3 is 0 Å². The quantitative estimate of drug-likeness (QED) is 0.396. The maximum atomic E-state index is 12.4. The highest BCUT2D eigenvalue weighted by atomic mass is 127. The third-order valence-electron chi connectivity index (χ3n) is 4.74. The molecule has 1 N–H and O–H groups in total. The molecule has 8 nitrogen and oxygen atoms in total. The van der Waals surface area contributed by atoms with Crippen LogP contribution in [0.15, 0.2) is 17.3 Å². The highest BCUT2D eigenvalue weighted by Crippen LogP contribution is 2.16. The molecule has 9 heteroatoms. The number of amides is 1.